The Balaban J connectivity index is 2.22. The predicted molar refractivity (Wildman–Crippen MR) is 72.1 cm³/mol. The van der Waals surface area contributed by atoms with E-state index in [4.69, 9.17) is 5.73 Å². The second-order valence-electron chi connectivity index (χ2n) is 4.91. The zero-order chi connectivity index (χ0) is 13.0. The number of rotatable bonds is 4. The molecule has 1 saturated carbocycles. The summed E-state index contributed by atoms with van der Waals surface area (Å²) in [6.45, 7) is 0.647. The molecule has 0 bridgehead atoms. The Labute approximate surface area is 107 Å². The molecule has 2 rings (SSSR count). The lowest BCUT2D eigenvalue weighted by molar-refractivity contribution is 0.290. The number of anilines is 2. The summed E-state index contributed by atoms with van der Waals surface area (Å²) in [6, 6.07) is 4.91. The van der Waals surface area contributed by atoms with Crippen molar-refractivity contribution in [3.63, 3.8) is 0 Å². The quantitative estimate of drug-likeness (QED) is 0.810. The van der Waals surface area contributed by atoms with Crippen LogP contribution in [0.5, 0.6) is 0 Å². The van der Waals surface area contributed by atoms with Crippen molar-refractivity contribution in [3.05, 3.63) is 24.0 Å². The van der Waals surface area contributed by atoms with Gasteiger partial charge in [0.1, 0.15) is 5.82 Å². The first-order chi connectivity index (χ1) is 8.72. The first-order valence-electron chi connectivity index (χ1n) is 6.65. The van der Waals surface area contributed by atoms with Crippen LogP contribution in [0.15, 0.2) is 18.2 Å². The number of aliphatic hydroxyl groups is 1. The molecule has 1 fully saturated rings. The number of nitrogens with two attached hydrogens (primary N) is 1. The van der Waals surface area contributed by atoms with Crippen molar-refractivity contribution in [2.24, 2.45) is 0 Å². The number of hydrogen-bond acceptors (Lipinski definition) is 3. The minimum atomic E-state index is -0.316. The molecule has 0 atom stereocenters. The summed E-state index contributed by atoms with van der Waals surface area (Å²) in [5.41, 5.74) is 7.19. The maximum Gasteiger partial charge on any atom is 0.125 e. The van der Waals surface area contributed by atoms with Gasteiger partial charge in [0.15, 0.2) is 0 Å². The number of hydrogen-bond donors (Lipinski definition) is 2. The van der Waals surface area contributed by atoms with E-state index in [1.54, 1.807) is 6.07 Å². The Morgan fingerprint density at radius 3 is 2.61 bits per heavy atom. The van der Waals surface area contributed by atoms with Gasteiger partial charge in [-0.3, -0.25) is 0 Å². The highest BCUT2D eigenvalue weighted by atomic mass is 19.1. The van der Waals surface area contributed by atoms with Crippen LogP contribution < -0.4 is 10.6 Å². The lowest BCUT2D eigenvalue weighted by Crippen LogP contribution is -2.39. The molecule has 1 aliphatic carbocycles. The van der Waals surface area contributed by atoms with E-state index in [0.29, 0.717) is 18.3 Å². The Morgan fingerprint density at radius 1 is 1.28 bits per heavy atom. The van der Waals surface area contributed by atoms with Gasteiger partial charge in [0, 0.05) is 12.6 Å². The molecule has 0 amide bonds. The third kappa shape index (κ3) is 2.93. The molecular weight excluding hydrogens is 231 g/mol. The zero-order valence-electron chi connectivity index (χ0n) is 10.6. The number of halogens is 1. The molecule has 0 unspecified atom stereocenters. The highest BCUT2D eigenvalue weighted by Crippen LogP contribution is 2.31. The SMILES string of the molecule is Nc1cc(F)ccc1N(CCO)C1CCCCC1. The van der Waals surface area contributed by atoms with E-state index in [0.717, 1.165) is 18.5 Å². The van der Waals surface area contributed by atoms with E-state index in [-0.39, 0.29) is 12.4 Å². The van der Waals surface area contributed by atoms with Crippen molar-refractivity contribution in [3.8, 4) is 0 Å². The van der Waals surface area contributed by atoms with Crippen LogP contribution in [-0.4, -0.2) is 24.3 Å². The molecule has 1 aromatic carbocycles. The van der Waals surface area contributed by atoms with Crippen molar-refractivity contribution in [2.45, 2.75) is 38.1 Å². The molecule has 0 saturated heterocycles. The van der Waals surface area contributed by atoms with Crippen molar-refractivity contribution in [2.75, 3.05) is 23.8 Å². The number of nitrogen functional groups attached to an aromatic ring is 1. The maximum atomic E-state index is 13.1. The standard InChI is InChI=1S/C14H21FN2O/c15-11-6-7-14(13(16)10-11)17(8-9-18)12-4-2-1-3-5-12/h6-7,10,12,18H,1-5,8-9,16H2. The van der Waals surface area contributed by atoms with Crippen LogP contribution in [-0.2, 0) is 0 Å². The monoisotopic (exact) mass is 252 g/mol. The van der Waals surface area contributed by atoms with E-state index in [1.807, 2.05) is 0 Å². The molecule has 1 aromatic rings. The zero-order valence-corrected chi connectivity index (χ0v) is 10.6. The first-order valence-corrected chi connectivity index (χ1v) is 6.65. The van der Waals surface area contributed by atoms with Crippen LogP contribution in [0.25, 0.3) is 0 Å². The lowest BCUT2D eigenvalue weighted by Gasteiger charge is -2.36. The van der Waals surface area contributed by atoms with Gasteiger partial charge in [0.25, 0.3) is 0 Å². The Morgan fingerprint density at radius 2 is 2.00 bits per heavy atom. The molecule has 3 N–H and O–H groups in total. The second-order valence-corrected chi connectivity index (χ2v) is 4.91. The maximum absolute atomic E-state index is 13.1. The van der Waals surface area contributed by atoms with Gasteiger partial charge in [0.2, 0.25) is 0 Å². The summed E-state index contributed by atoms with van der Waals surface area (Å²) in [5.74, 6) is -0.316. The fourth-order valence-electron chi connectivity index (χ4n) is 2.79. The summed E-state index contributed by atoms with van der Waals surface area (Å²) in [6.07, 6.45) is 5.96. The molecule has 4 heteroatoms. The smallest absolute Gasteiger partial charge is 0.125 e. The first kappa shape index (κ1) is 13.1. The average Bonchev–Trinajstić information content (AvgIpc) is 2.38. The predicted octanol–water partition coefficient (Wildman–Crippen LogP) is 2.54. The van der Waals surface area contributed by atoms with E-state index in [1.165, 1.54) is 31.4 Å². The van der Waals surface area contributed by atoms with Gasteiger partial charge in [-0.25, -0.2) is 4.39 Å². The molecule has 1 aliphatic rings. The van der Waals surface area contributed by atoms with Crippen LogP contribution in [0.2, 0.25) is 0 Å². The van der Waals surface area contributed by atoms with E-state index in [2.05, 4.69) is 4.90 Å². The average molecular weight is 252 g/mol. The van der Waals surface area contributed by atoms with Gasteiger partial charge < -0.3 is 15.7 Å². The van der Waals surface area contributed by atoms with Crippen molar-refractivity contribution in [1.82, 2.24) is 0 Å². The molecule has 0 heterocycles. The third-order valence-corrected chi connectivity index (χ3v) is 3.66. The van der Waals surface area contributed by atoms with Crippen molar-refractivity contribution < 1.29 is 9.50 Å². The van der Waals surface area contributed by atoms with E-state index >= 15 is 0 Å². The van der Waals surface area contributed by atoms with Crippen LogP contribution in [0.3, 0.4) is 0 Å². The van der Waals surface area contributed by atoms with Gasteiger partial charge >= 0.3 is 0 Å². The van der Waals surface area contributed by atoms with E-state index in [9.17, 15) is 9.50 Å². The number of benzene rings is 1. The molecular formula is C14H21FN2O. The minimum absolute atomic E-state index is 0.0906. The van der Waals surface area contributed by atoms with Crippen LogP contribution in [0, 0.1) is 5.82 Å². The normalized spacial score (nSPS) is 16.8. The topological polar surface area (TPSA) is 49.5 Å². The summed E-state index contributed by atoms with van der Waals surface area (Å²) in [4.78, 5) is 2.13. The van der Waals surface area contributed by atoms with Gasteiger partial charge in [-0.15, -0.1) is 0 Å². The fourth-order valence-corrected chi connectivity index (χ4v) is 2.79. The molecule has 0 aromatic heterocycles. The summed E-state index contributed by atoms with van der Waals surface area (Å²) in [7, 11) is 0. The Kier molecular flexibility index (Phi) is 4.42. The van der Waals surface area contributed by atoms with Gasteiger partial charge in [-0.2, -0.15) is 0 Å². The Hall–Kier alpha value is -1.29. The van der Waals surface area contributed by atoms with Gasteiger partial charge in [0.05, 0.1) is 18.0 Å². The summed E-state index contributed by atoms with van der Waals surface area (Å²) in [5, 5.41) is 9.22. The van der Waals surface area contributed by atoms with Crippen LogP contribution in [0.4, 0.5) is 15.8 Å². The van der Waals surface area contributed by atoms with Crippen molar-refractivity contribution in [1.29, 1.82) is 0 Å². The van der Waals surface area contributed by atoms with Gasteiger partial charge in [-0.1, -0.05) is 19.3 Å². The summed E-state index contributed by atoms with van der Waals surface area (Å²) < 4.78 is 13.1. The van der Waals surface area contributed by atoms with E-state index < -0.39 is 0 Å². The Bertz CT molecular complexity index is 391. The summed E-state index contributed by atoms with van der Waals surface area (Å²) >= 11 is 0. The molecule has 3 nitrogen and oxygen atoms in total. The second kappa shape index (κ2) is 6.05. The van der Waals surface area contributed by atoms with Crippen LogP contribution >= 0.6 is 0 Å². The molecule has 18 heavy (non-hydrogen) atoms. The highest BCUT2D eigenvalue weighted by molar-refractivity contribution is 5.68. The number of nitrogens with zero attached hydrogens (tertiary/aromatic N) is 1. The molecule has 0 aliphatic heterocycles. The molecule has 100 valence electrons. The van der Waals surface area contributed by atoms with Crippen LogP contribution in [0.1, 0.15) is 32.1 Å². The minimum Gasteiger partial charge on any atom is -0.397 e. The fraction of sp³-hybridized carbons (Fsp3) is 0.571. The highest BCUT2D eigenvalue weighted by Gasteiger charge is 2.22. The molecule has 0 spiro atoms. The largest absolute Gasteiger partial charge is 0.397 e. The van der Waals surface area contributed by atoms with Crippen molar-refractivity contribution >= 4 is 11.4 Å². The van der Waals surface area contributed by atoms with Gasteiger partial charge in [-0.05, 0) is 31.0 Å². The molecule has 0 radical (unpaired) electrons. The number of aliphatic hydroxyl groups excluding tert-OH is 1. The third-order valence-electron chi connectivity index (χ3n) is 3.66. The lowest BCUT2D eigenvalue weighted by atomic mass is 9.93.